The molecule has 1 aromatic rings. The molecule has 1 rings (SSSR count). The molecule has 0 amide bonds. The fourth-order valence-electron chi connectivity index (χ4n) is 1.89. The third-order valence-corrected chi connectivity index (χ3v) is 2.99. The molecule has 1 aromatic carbocycles. The second kappa shape index (κ2) is 10.3. The Kier molecular flexibility index (Phi) is 8.47. The summed E-state index contributed by atoms with van der Waals surface area (Å²) in [4.78, 5) is 11.0. The average molecular weight is 280 g/mol. The molecule has 0 aliphatic heterocycles. The molecule has 0 fully saturated rings. The molecular formula is C16H24O4. The van der Waals surface area contributed by atoms with E-state index in [1.807, 2.05) is 0 Å². The Morgan fingerprint density at radius 3 is 2.55 bits per heavy atom. The molecule has 0 aliphatic rings. The van der Waals surface area contributed by atoms with E-state index in [1.54, 1.807) is 18.2 Å². The number of ether oxygens (including phenoxy) is 2. The van der Waals surface area contributed by atoms with Crippen molar-refractivity contribution in [1.29, 1.82) is 0 Å². The molecule has 0 saturated carbocycles. The summed E-state index contributed by atoms with van der Waals surface area (Å²) >= 11 is 0. The second-order valence-corrected chi connectivity index (χ2v) is 4.68. The Labute approximate surface area is 120 Å². The minimum atomic E-state index is -0.975. The van der Waals surface area contributed by atoms with Gasteiger partial charge in [0, 0.05) is 6.61 Å². The molecule has 0 heterocycles. The van der Waals surface area contributed by atoms with Gasteiger partial charge >= 0.3 is 5.97 Å². The summed E-state index contributed by atoms with van der Waals surface area (Å²) in [5.74, 6) is -0.580. The summed E-state index contributed by atoms with van der Waals surface area (Å²) in [6.45, 7) is 3.80. The summed E-state index contributed by atoms with van der Waals surface area (Å²) in [6.07, 6.45) is 6.08. The first-order chi connectivity index (χ1) is 9.75. The van der Waals surface area contributed by atoms with Crippen LogP contribution in [0, 0.1) is 0 Å². The Balaban J connectivity index is 2.11. The van der Waals surface area contributed by atoms with E-state index >= 15 is 0 Å². The van der Waals surface area contributed by atoms with E-state index in [1.165, 1.54) is 31.7 Å². The van der Waals surface area contributed by atoms with E-state index in [-0.39, 0.29) is 5.56 Å². The minimum Gasteiger partial charge on any atom is -0.490 e. The van der Waals surface area contributed by atoms with Gasteiger partial charge in [-0.1, -0.05) is 44.7 Å². The van der Waals surface area contributed by atoms with Crippen LogP contribution in [0.15, 0.2) is 24.3 Å². The number of para-hydroxylation sites is 1. The van der Waals surface area contributed by atoms with E-state index in [0.29, 0.717) is 19.0 Å². The monoisotopic (exact) mass is 280 g/mol. The number of carboxylic acid groups (broad SMARTS) is 1. The van der Waals surface area contributed by atoms with Crippen LogP contribution in [0.2, 0.25) is 0 Å². The number of carbonyl (C=O) groups is 1. The fourth-order valence-corrected chi connectivity index (χ4v) is 1.89. The van der Waals surface area contributed by atoms with Crippen molar-refractivity contribution >= 4 is 5.97 Å². The number of hydrogen-bond donors (Lipinski definition) is 1. The molecule has 0 aliphatic carbocycles. The van der Waals surface area contributed by atoms with Crippen molar-refractivity contribution in [3.63, 3.8) is 0 Å². The summed E-state index contributed by atoms with van der Waals surface area (Å²) in [6, 6.07) is 6.64. The first kappa shape index (κ1) is 16.5. The maximum absolute atomic E-state index is 11.0. The highest BCUT2D eigenvalue weighted by molar-refractivity contribution is 5.90. The standard InChI is InChI=1S/C16H24O4/c1-2-3-4-5-8-11-19-12-13-20-15-10-7-6-9-14(15)16(17)18/h6-7,9-10H,2-5,8,11-13H2,1H3,(H,17,18). The van der Waals surface area contributed by atoms with Gasteiger partial charge in [0.15, 0.2) is 0 Å². The van der Waals surface area contributed by atoms with Gasteiger partial charge in [-0.3, -0.25) is 0 Å². The molecule has 0 atom stereocenters. The van der Waals surface area contributed by atoms with Gasteiger partial charge < -0.3 is 14.6 Å². The molecule has 0 unspecified atom stereocenters. The molecule has 4 heteroatoms. The van der Waals surface area contributed by atoms with Crippen LogP contribution >= 0.6 is 0 Å². The van der Waals surface area contributed by atoms with Crippen LogP contribution in [0.5, 0.6) is 5.75 Å². The predicted molar refractivity (Wildman–Crippen MR) is 78.5 cm³/mol. The van der Waals surface area contributed by atoms with Crippen LogP contribution in [-0.2, 0) is 4.74 Å². The van der Waals surface area contributed by atoms with Crippen molar-refractivity contribution in [2.24, 2.45) is 0 Å². The Bertz CT molecular complexity index is 390. The van der Waals surface area contributed by atoms with Crippen molar-refractivity contribution in [1.82, 2.24) is 0 Å². The van der Waals surface area contributed by atoms with Gasteiger partial charge in [0.25, 0.3) is 0 Å². The molecule has 0 aromatic heterocycles. The molecule has 0 spiro atoms. The van der Waals surface area contributed by atoms with Gasteiger partial charge in [-0.15, -0.1) is 0 Å². The van der Waals surface area contributed by atoms with Crippen LogP contribution in [0.1, 0.15) is 49.4 Å². The number of hydrogen-bond acceptors (Lipinski definition) is 3. The molecule has 0 radical (unpaired) electrons. The lowest BCUT2D eigenvalue weighted by Gasteiger charge is -2.09. The minimum absolute atomic E-state index is 0.187. The number of aromatic carboxylic acids is 1. The van der Waals surface area contributed by atoms with Gasteiger partial charge in [0.05, 0.1) is 6.61 Å². The first-order valence-corrected chi connectivity index (χ1v) is 7.28. The molecule has 0 saturated heterocycles. The van der Waals surface area contributed by atoms with Gasteiger partial charge in [0.2, 0.25) is 0 Å². The highest BCUT2D eigenvalue weighted by Gasteiger charge is 2.09. The topological polar surface area (TPSA) is 55.8 Å². The van der Waals surface area contributed by atoms with Crippen LogP contribution < -0.4 is 4.74 Å². The van der Waals surface area contributed by atoms with Crippen molar-refractivity contribution in [3.05, 3.63) is 29.8 Å². The lowest BCUT2D eigenvalue weighted by atomic mass is 10.2. The number of carboxylic acids is 1. The van der Waals surface area contributed by atoms with Crippen LogP contribution in [-0.4, -0.2) is 30.9 Å². The van der Waals surface area contributed by atoms with Crippen molar-refractivity contribution in [2.75, 3.05) is 19.8 Å². The largest absolute Gasteiger partial charge is 0.490 e. The van der Waals surface area contributed by atoms with Crippen molar-refractivity contribution in [3.8, 4) is 5.75 Å². The molecular weight excluding hydrogens is 256 g/mol. The fraction of sp³-hybridized carbons (Fsp3) is 0.562. The molecule has 112 valence electrons. The van der Waals surface area contributed by atoms with Gasteiger partial charge in [-0.25, -0.2) is 4.79 Å². The number of benzene rings is 1. The SMILES string of the molecule is CCCCCCCOCCOc1ccccc1C(=O)O. The van der Waals surface area contributed by atoms with E-state index < -0.39 is 5.97 Å². The summed E-state index contributed by atoms with van der Waals surface area (Å²) in [7, 11) is 0. The molecule has 20 heavy (non-hydrogen) atoms. The molecule has 4 nitrogen and oxygen atoms in total. The number of unbranched alkanes of at least 4 members (excludes halogenated alkanes) is 4. The Morgan fingerprint density at radius 1 is 1.05 bits per heavy atom. The van der Waals surface area contributed by atoms with Crippen LogP contribution in [0.4, 0.5) is 0 Å². The lowest BCUT2D eigenvalue weighted by molar-refractivity contribution is 0.0684. The van der Waals surface area contributed by atoms with Crippen LogP contribution in [0.25, 0.3) is 0 Å². The highest BCUT2D eigenvalue weighted by atomic mass is 16.5. The van der Waals surface area contributed by atoms with E-state index in [2.05, 4.69) is 6.92 Å². The third kappa shape index (κ3) is 6.57. The summed E-state index contributed by atoms with van der Waals surface area (Å²) < 4.78 is 10.9. The number of rotatable bonds is 11. The maximum Gasteiger partial charge on any atom is 0.339 e. The Morgan fingerprint density at radius 2 is 1.80 bits per heavy atom. The first-order valence-electron chi connectivity index (χ1n) is 7.28. The van der Waals surface area contributed by atoms with Gasteiger partial charge in [0.1, 0.15) is 17.9 Å². The van der Waals surface area contributed by atoms with Gasteiger partial charge in [-0.05, 0) is 18.6 Å². The average Bonchev–Trinajstić information content (AvgIpc) is 2.46. The lowest BCUT2D eigenvalue weighted by Crippen LogP contribution is -2.10. The second-order valence-electron chi connectivity index (χ2n) is 4.68. The Hall–Kier alpha value is -1.55. The smallest absolute Gasteiger partial charge is 0.339 e. The van der Waals surface area contributed by atoms with Gasteiger partial charge in [-0.2, -0.15) is 0 Å². The maximum atomic E-state index is 11.0. The summed E-state index contributed by atoms with van der Waals surface area (Å²) in [5.41, 5.74) is 0.187. The highest BCUT2D eigenvalue weighted by Crippen LogP contribution is 2.17. The zero-order chi connectivity index (χ0) is 14.6. The van der Waals surface area contributed by atoms with Crippen molar-refractivity contribution in [2.45, 2.75) is 39.0 Å². The van der Waals surface area contributed by atoms with E-state index in [9.17, 15) is 4.79 Å². The molecule has 1 N–H and O–H groups in total. The predicted octanol–water partition coefficient (Wildman–Crippen LogP) is 3.75. The van der Waals surface area contributed by atoms with Crippen molar-refractivity contribution < 1.29 is 19.4 Å². The molecule has 0 bridgehead atoms. The summed E-state index contributed by atoms with van der Waals surface area (Å²) in [5, 5.41) is 9.00. The zero-order valence-electron chi connectivity index (χ0n) is 12.1. The quantitative estimate of drug-likeness (QED) is 0.627. The third-order valence-electron chi connectivity index (χ3n) is 2.99. The van der Waals surface area contributed by atoms with Crippen LogP contribution in [0.3, 0.4) is 0 Å². The normalized spacial score (nSPS) is 10.4. The zero-order valence-corrected chi connectivity index (χ0v) is 12.1. The van der Waals surface area contributed by atoms with E-state index in [0.717, 1.165) is 13.0 Å². The van der Waals surface area contributed by atoms with E-state index in [4.69, 9.17) is 14.6 Å².